The molecule has 1 aliphatic carbocycles. The van der Waals surface area contributed by atoms with Crippen molar-refractivity contribution in [1.82, 2.24) is 15.0 Å². The number of aromatic nitrogens is 3. The van der Waals surface area contributed by atoms with Crippen LogP contribution >= 0.6 is 0 Å². The number of alkyl halides is 2. The smallest absolute Gasteiger partial charge is 0.304 e. The van der Waals surface area contributed by atoms with Crippen LogP contribution in [0.1, 0.15) is 45.4 Å². The van der Waals surface area contributed by atoms with E-state index < -0.39 is 11.7 Å². The Hall–Kier alpha value is -3.08. The molecule has 0 aromatic carbocycles. The Bertz CT molecular complexity index is 975. The SMILES string of the molecule is CC(=O)Nc1cc(Nc2cc(OC3CC3)nc(C(C)(F)F)n2)c(OC[C@H]2CCCO2)cn1. The maximum absolute atomic E-state index is 14.0. The quantitative estimate of drug-likeness (QED) is 0.596. The molecule has 4 rings (SSSR count). The summed E-state index contributed by atoms with van der Waals surface area (Å²) in [5.41, 5.74) is 0.392. The number of amides is 1. The molecule has 0 spiro atoms. The number of carbonyl (C=O) groups excluding carboxylic acids is 1. The van der Waals surface area contributed by atoms with Gasteiger partial charge in [-0.25, -0.2) is 9.97 Å². The number of nitrogens with one attached hydrogen (secondary N) is 2. The first-order chi connectivity index (χ1) is 15.3. The fraction of sp³-hybridized carbons (Fsp3) is 0.524. The van der Waals surface area contributed by atoms with Crippen molar-refractivity contribution in [3.63, 3.8) is 0 Å². The lowest BCUT2D eigenvalue weighted by Crippen LogP contribution is -2.17. The van der Waals surface area contributed by atoms with E-state index in [1.807, 2.05) is 0 Å². The Morgan fingerprint density at radius 3 is 2.72 bits per heavy atom. The van der Waals surface area contributed by atoms with E-state index in [2.05, 4.69) is 25.6 Å². The minimum absolute atomic E-state index is 0.0197. The molecule has 9 nitrogen and oxygen atoms in total. The van der Waals surface area contributed by atoms with E-state index in [1.165, 1.54) is 19.2 Å². The molecule has 0 bridgehead atoms. The van der Waals surface area contributed by atoms with E-state index in [-0.39, 0.29) is 35.6 Å². The van der Waals surface area contributed by atoms with Crippen LogP contribution in [0.5, 0.6) is 11.6 Å². The minimum Gasteiger partial charge on any atom is -0.487 e. The first-order valence-corrected chi connectivity index (χ1v) is 10.5. The van der Waals surface area contributed by atoms with Gasteiger partial charge < -0.3 is 24.8 Å². The summed E-state index contributed by atoms with van der Waals surface area (Å²) in [7, 11) is 0. The Labute approximate surface area is 183 Å². The van der Waals surface area contributed by atoms with Gasteiger partial charge in [0, 0.05) is 32.6 Å². The summed E-state index contributed by atoms with van der Waals surface area (Å²) in [4.78, 5) is 23.4. The summed E-state index contributed by atoms with van der Waals surface area (Å²) in [5, 5.41) is 5.58. The number of anilines is 3. The Morgan fingerprint density at radius 1 is 1.25 bits per heavy atom. The molecule has 1 amide bonds. The van der Waals surface area contributed by atoms with Crippen molar-refractivity contribution in [2.45, 2.75) is 57.7 Å². The summed E-state index contributed by atoms with van der Waals surface area (Å²) >= 11 is 0. The molecule has 32 heavy (non-hydrogen) atoms. The van der Waals surface area contributed by atoms with Gasteiger partial charge in [0.05, 0.1) is 18.0 Å². The average molecular weight is 449 g/mol. The third-order valence-electron chi connectivity index (χ3n) is 4.79. The zero-order valence-electron chi connectivity index (χ0n) is 17.9. The first-order valence-electron chi connectivity index (χ1n) is 10.5. The minimum atomic E-state index is -3.25. The molecule has 2 aromatic heterocycles. The Kier molecular flexibility index (Phi) is 6.35. The second-order valence-electron chi connectivity index (χ2n) is 7.94. The van der Waals surface area contributed by atoms with Crippen LogP contribution in [0.3, 0.4) is 0 Å². The molecule has 0 unspecified atom stereocenters. The van der Waals surface area contributed by atoms with Crippen molar-refractivity contribution in [2.24, 2.45) is 0 Å². The molecular formula is C21H25F2N5O4. The van der Waals surface area contributed by atoms with Gasteiger partial charge in [-0.15, -0.1) is 0 Å². The number of carbonyl (C=O) groups is 1. The van der Waals surface area contributed by atoms with Gasteiger partial charge in [-0.1, -0.05) is 0 Å². The number of ether oxygens (including phenoxy) is 3. The molecule has 0 radical (unpaired) electrons. The molecule has 2 N–H and O–H groups in total. The van der Waals surface area contributed by atoms with Crippen molar-refractivity contribution in [3.05, 3.63) is 24.2 Å². The third kappa shape index (κ3) is 6.00. The van der Waals surface area contributed by atoms with Crippen LogP contribution in [0.4, 0.5) is 26.1 Å². The number of hydrogen-bond donors (Lipinski definition) is 2. The van der Waals surface area contributed by atoms with Crippen molar-refractivity contribution < 1.29 is 27.8 Å². The maximum atomic E-state index is 14.0. The van der Waals surface area contributed by atoms with Crippen LogP contribution in [-0.4, -0.2) is 46.3 Å². The maximum Gasteiger partial charge on any atom is 0.304 e. The second kappa shape index (κ2) is 9.19. The molecule has 1 saturated carbocycles. The lowest BCUT2D eigenvalue weighted by molar-refractivity contribution is -0.114. The third-order valence-corrected chi connectivity index (χ3v) is 4.79. The zero-order valence-corrected chi connectivity index (χ0v) is 17.9. The molecule has 2 fully saturated rings. The Morgan fingerprint density at radius 2 is 2.06 bits per heavy atom. The van der Waals surface area contributed by atoms with Crippen LogP contribution in [0.25, 0.3) is 0 Å². The van der Waals surface area contributed by atoms with E-state index >= 15 is 0 Å². The van der Waals surface area contributed by atoms with Gasteiger partial charge in [-0.05, 0) is 25.7 Å². The first kappa shape index (κ1) is 22.1. The lowest BCUT2D eigenvalue weighted by atomic mass is 10.2. The van der Waals surface area contributed by atoms with Crippen molar-refractivity contribution in [1.29, 1.82) is 0 Å². The van der Waals surface area contributed by atoms with Crippen molar-refractivity contribution >= 4 is 23.2 Å². The number of pyridine rings is 1. The van der Waals surface area contributed by atoms with Crippen LogP contribution < -0.4 is 20.1 Å². The standard InChI is InChI=1S/C21H25F2N5O4/c1-12(29)25-17-8-15(16(10-24-17)31-11-14-4-3-7-30-14)26-18-9-19(32-13-5-6-13)28-20(27-18)21(2,22)23/h8-10,13-14H,3-7,11H2,1-2H3,(H2,24,25,26,27,28,29)/t14-/m1/s1. The summed E-state index contributed by atoms with van der Waals surface area (Å²) in [5.74, 6) is -3.40. The van der Waals surface area contributed by atoms with E-state index in [9.17, 15) is 13.6 Å². The molecule has 1 saturated heterocycles. The van der Waals surface area contributed by atoms with Gasteiger partial charge in [-0.2, -0.15) is 13.8 Å². The van der Waals surface area contributed by atoms with E-state index in [0.29, 0.717) is 24.7 Å². The predicted octanol–water partition coefficient (Wildman–Crippen LogP) is 3.78. The average Bonchev–Trinajstić information content (AvgIpc) is 3.36. The normalized spacial score (nSPS) is 18.3. The van der Waals surface area contributed by atoms with Gasteiger partial charge in [0.15, 0.2) is 5.75 Å². The molecule has 1 aliphatic heterocycles. The fourth-order valence-electron chi connectivity index (χ4n) is 3.10. The summed E-state index contributed by atoms with van der Waals surface area (Å²) < 4.78 is 45.0. The molecular weight excluding hydrogens is 424 g/mol. The number of rotatable bonds is 9. The fourth-order valence-corrected chi connectivity index (χ4v) is 3.10. The van der Waals surface area contributed by atoms with Crippen LogP contribution in [-0.2, 0) is 15.5 Å². The van der Waals surface area contributed by atoms with E-state index in [1.54, 1.807) is 6.07 Å². The Balaban J connectivity index is 1.61. The van der Waals surface area contributed by atoms with Crippen LogP contribution in [0, 0.1) is 0 Å². The monoisotopic (exact) mass is 449 g/mol. The number of halogens is 2. The van der Waals surface area contributed by atoms with Gasteiger partial charge in [-0.3, -0.25) is 4.79 Å². The largest absolute Gasteiger partial charge is 0.487 e. The highest BCUT2D eigenvalue weighted by Crippen LogP contribution is 2.34. The predicted molar refractivity (Wildman–Crippen MR) is 112 cm³/mol. The molecule has 2 aliphatic rings. The van der Waals surface area contributed by atoms with E-state index in [4.69, 9.17) is 14.2 Å². The topological polar surface area (TPSA) is 107 Å². The van der Waals surface area contributed by atoms with Gasteiger partial charge in [0.2, 0.25) is 17.6 Å². The molecule has 1 atom stereocenters. The summed E-state index contributed by atoms with van der Waals surface area (Å²) in [6.07, 6.45) is 4.97. The molecule has 2 aromatic rings. The second-order valence-corrected chi connectivity index (χ2v) is 7.94. The zero-order chi connectivity index (χ0) is 22.7. The highest BCUT2D eigenvalue weighted by atomic mass is 19.3. The van der Waals surface area contributed by atoms with Gasteiger partial charge in [0.25, 0.3) is 0 Å². The summed E-state index contributed by atoms with van der Waals surface area (Å²) in [6.45, 7) is 3.09. The number of hydrogen-bond acceptors (Lipinski definition) is 8. The molecule has 172 valence electrons. The highest BCUT2D eigenvalue weighted by molar-refractivity contribution is 5.88. The van der Waals surface area contributed by atoms with Gasteiger partial charge >= 0.3 is 5.92 Å². The van der Waals surface area contributed by atoms with E-state index in [0.717, 1.165) is 32.6 Å². The number of nitrogens with zero attached hydrogens (tertiary/aromatic N) is 3. The van der Waals surface area contributed by atoms with Gasteiger partial charge in [0.1, 0.15) is 24.3 Å². The van der Waals surface area contributed by atoms with Crippen molar-refractivity contribution in [2.75, 3.05) is 23.8 Å². The van der Waals surface area contributed by atoms with Crippen LogP contribution in [0.2, 0.25) is 0 Å². The molecule has 3 heterocycles. The summed E-state index contributed by atoms with van der Waals surface area (Å²) in [6, 6.07) is 3.00. The van der Waals surface area contributed by atoms with Crippen molar-refractivity contribution in [3.8, 4) is 11.6 Å². The lowest BCUT2D eigenvalue weighted by Gasteiger charge is -2.17. The highest BCUT2D eigenvalue weighted by Gasteiger charge is 2.31. The van der Waals surface area contributed by atoms with Crippen LogP contribution in [0.15, 0.2) is 18.3 Å². The molecule has 11 heteroatoms.